The molecule has 4 heteroatoms. The number of carboxylic acids is 1. The van der Waals surface area contributed by atoms with Crippen molar-refractivity contribution in [3.05, 3.63) is 0 Å². The van der Waals surface area contributed by atoms with Crippen molar-refractivity contribution < 1.29 is 9.90 Å². The molecule has 62 valence electrons. The predicted octanol–water partition coefficient (Wildman–Crippen LogP) is 1.05. The molecule has 3 N–H and O–H groups in total. The number of nitrogens with two attached hydrogens (primary N) is 1. The van der Waals surface area contributed by atoms with Crippen LogP contribution < -0.4 is 5.73 Å². The first-order valence-electron chi connectivity index (χ1n) is 3.00. The van der Waals surface area contributed by atoms with E-state index < -0.39 is 12.0 Å². The molecular weight excluding hydrogens is 154 g/mol. The molecule has 0 aliphatic heterocycles. The van der Waals surface area contributed by atoms with Crippen molar-refractivity contribution in [1.29, 1.82) is 0 Å². The molecule has 0 saturated carbocycles. The second kappa shape index (κ2) is 6.83. The third-order valence-electron chi connectivity index (χ3n) is 0.390. The van der Waals surface area contributed by atoms with Gasteiger partial charge in [-0.05, 0) is 20.8 Å². The summed E-state index contributed by atoms with van der Waals surface area (Å²) < 4.78 is 0. The van der Waals surface area contributed by atoms with Gasteiger partial charge in [0.15, 0.2) is 0 Å². The smallest absolute Gasteiger partial charge is 0.320 e. The second-order valence-corrected chi connectivity index (χ2v) is 3.01. The van der Waals surface area contributed by atoms with Crippen LogP contribution in [0.3, 0.4) is 0 Å². The van der Waals surface area contributed by atoms with Gasteiger partial charge in [0.1, 0.15) is 6.04 Å². The third-order valence-corrected chi connectivity index (χ3v) is 0.390. The van der Waals surface area contributed by atoms with E-state index in [1.807, 2.05) is 13.8 Å². The van der Waals surface area contributed by atoms with Crippen LogP contribution in [-0.4, -0.2) is 22.5 Å². The van der Waals surface area contributed by atoms with E-state index in [1.54, 1.807) is 0 Å². The highest BCUT2D eigenvalue weighted by atomic mass is 35.5. The Labute approximate surface area is 66.2 Å². The van der Waals surface area contributed by atoms with Crippen molar-refractivity contribution in [1.82, 2.24) is 0 Å². The van der Waals surface area contributed by atoms with Crippen LogP contribution in [0.1, 0.15) is 20.8 Å². The molecule has 0 fully saturated rings. The number of halogens is 1. The Morgan fingerprint density at radius 3 is 1.60 bits per heavy atom. The molecular formula is C6H14ClNO2. The zero-order valence-corrected chi connectivity index (χ0v) is 7.22. The maximum atomic E-state index is 9.57. The molecule has 0 amide bonds. The summed E-state index contributed by atoms with van der Waals surface area (Å²) in [5.74, 6) is -0.963. The van der Waals surface area contributed by atoms with Crippen molar-refractivity contribution in [2.24, 2.45) is 5.73 Å². The summed E-state index contributed by atoms with van der Waals surface area (Å²) in [5, 5.41) is 8.17. The van der Waals surface area contributed by atoms with Crippen molar-refractivity contribution in [3.63, 3.8) is 0 Å². The van der Waals surface area contributed by atoms with Gasteiger partial charge in [-0.2, -0.15) is 0 Å². The molecule has 0 heterocycles. The van der Waals surface area contributed by atoms with Crippen LogP contribution in [0.4, 0.5) is 0 Å². The van der Waals surface area contributed by atoms with E-state index in [1.165, 1.54) is 6.92 Å². The summed E-state index contributed by atoms with van der Waals surface area (Å²) in [6.07, 6.45) is 0. The number of carboxylic acid groups (broad SMARTS) is 1. The Morgan fingerprint density at radius 2 is 1.60 bits per heavy atom. The van der Waals surface area contributed by atoms with Gasteiger partial charge in [-0.3, -0.25) is 4.79 Å². The summed E-state index contributed by atoms with van der Waals surface area (Å²) in [6.45, 7) is 5.28. The Balaban J connectivity index is 0. The molecule has 1 unspecified atom stereocenters. The fourth-order valence-electron chi connectivity index (χ4n) is 0. The van der Waals surface area contributed by atoms with Gasteiger partial charge in [0.2, 0.25) is 0 Å². The molecule has 0 bridgehead atoms. The number of hydrogen-bond donors (Lipinski definition) is 2. The monoisotopic (exact) mass is 167 g/mol. The molecule has 0 rings (SSSR count). The van der Waals surface area contributed by atoms with Gasteiger partial charge in [0.05, 0.1) is 0 Å². The predicted molar refractivity (Wildman–Crippen MR) is 42.3 cm³/mol. The summed E-state index contributed by atoms with van der Waals surface area (Å²) in [5.41, 5.74) is 4.84. The average Bonchev–Trinajstić information content (AvgIpc) is 1.63. The van der Waals surface area contributed by atoms with Gasteiger partial charge in [-0.1, -0.05) is 0 Å². The SMILES string of the molecule is CC(C)Cl.CC(N)C(=O)O. The highest BCUT2D eigenvalue weighted by molar-refractivity contribution is 6.20. The molecule has 0 aromatic rings. The highest BCUT2D eigenvalue weighted by Crippen LogP contribution is 1.84. The van der Waals surface area contributed by atoms with Crippen molar-refractivity contribution >= 4 is 17.6 Å². The van der Waals surface area contributed by atoms with Gasteiger partial charge in [-0.15, -0.1) is 11.6 Å². The zero-order chi connectivity index (χ0) is 8.73. The molecule has 0 aliphatic rings. The minimum atomic E-state index is -0.963. The molecule has 0 spiro atoms. The van der Waals surface area contributed by atoms with Crippen molar-refractivity contribution in [2.75, 3.05) is 0 Å². The van der Waals surface area contributed by atoms with Crippen LogP contribution in [0.25, 0.3) is 0 Å². The molecule has 10 heavy (non-hydrogen) atoms. The number of carbonyl (C=O) groups is 1. The largest absolute Gasteiger partial charge is 0.480 e. The average molecular weight is 168 g/mol. The Morgan fingerprint density at radius 1 is 1.50 bits per heavy atom. The molecule has 0 aromatic carbocycles. The number of aliphatic carboxylic acids is 1. The minimum Gasteiger partial charge on any atom is -0.480 e. The number of alkyl halides is 1. The normalized spacial score (nSPS) is 11.8. The number of hydrogen-bond acceptors (Lipinski definition) is 2. The first kappa shape index (κ1) is 12.4. The van der Waals surface area contributed by atoms with Crippen molar-refractivity contribution in [3.8, 4) is 0 Å². The van der Waals surface area contributed by atoms with E-state index in [2.05, 4.69) is 0 Å². The van der Waals surface area contributed by atoms with Crippen LogP contribution in [-0.2, 0) is 4.79 Å². The molecule has 3 nitrogen and oxygen atoms in total. The van der Waals surface area contributed by atoms with Gasteiger partial charge >= 0.3 is 5.97 Å². The number of rotatable bonds is 1. The van der Waals surface area contributed by atoms with Crippen LogP contribution in [0.5, 0.6) is 0 Å². The van der Waals surface area contributed by atoms with E-state index in [9.17, 15) is 4.79 Å². The summed E-state index contributed by atoms with van der Waals surface area (Å²) >= 11 is 5.27. The molecule has 1 atom stereocenters. The first-order chi connectivity index (χ1) is 4.37. The summed E-state index contributed by atoms with van der Waals surface area (Å²) in [7, 11) is 0. The maximum Gasteiger partial charge on any atom is 0.320 e. The molecule has 0 saturated heterocycles. The molecule has 0 aliphatic carbocycles. The maximum absolute atomic E-state index is 9.57. The molecule has 0 aromatic heterocycles. The fraction of sp³-hybridized carbons (Fsp3) is 0.833. The van der Waals surface area contributed by atoms with Crippen molar-refractivity contribution in [2.45, 2.75) is 32.2 Å². The first-order valence-corrected chi connectivity index (χ1v) is 3.44. The fourth-order valence-corrected chi connectivity index (χ4v) is 0. The van der Waals surface area contributed by atoms with E-state index >= 15 is 0 Å². The third kappa shape index (κ3) is 25.2. The highest BCUT2D eigenvalue weighted by Gasteiger charge is 1.99. The van der Waals surface area contributed by atoms with Crippen LogP contribution in [0, 0.1) is 0 Å². The molecule has 0 radical (unpaired) electrons. The van der Waals surface area contributed by atoms with Gasteiger partial charge < -0.3 is 10.8 Å². The van der Waals surface area contributed by atoms with E-state index in [0.717, 1.165) is 0 Å². The van der Waals surface area contributed by atoms with E-state index in [4.69, 9.17) is 22.4 Å². The van der Waals surface area contributed by atoms with Crippen LogP contribution in [0.15, 0.2) is 0 Å². The standard InChI is InChI=1S/C3H7Cl.C3H7NO2/c1-3(2)4;1-2(4)3(5)6/h3H,1-2H3;2H,4H2,1H3,(H,5,6). The minimum absolute atomic E-state index is 0.306. The quantitative estimate of drug-likeness (QED) is 0.574. The lowest BCUT2D eigenvalue weighted by Crippen LogP contribution is -2.25. The Hall–Kier alpha value is -0.280. The van der Waals surface area contributed by atoms with Crippen LogP contribution >= 0.6 is 11.6 Å². The zero-order valence-electron chi connectivity index (χ0n) is 6.47. The Bertz CT molecular complexity index is 91.0. The van der Waals surface area contributed by atoms with Gasteiger partial charge in [0, 0.05) is 5.38 Å². The topological polar surface area (TPSA) is 63.3 Å². The lowest BCUT2D eigenvalue weighted by Gasteiger charge is -1.90. The lowest BCUT2D eigenvalue weighted by atomic mass is 10.4. The van der Waals surface area contributed by atoms with Crippen LogP contribution in [0.2, 0.25) is 0 Å². The lowest BCUT2D eigenvalue weighted by molar-refractivity contribution is -0.138. The van der Waals surface area contributed by atoms with E-state index in [0.29, 0.717) is 5.38 Å². The second-order valence-electron chi connectivity index (χ2n) is 2.14. The van der Waals surface area contributed by atoms with E-state index in [-0.39, 0.29) is 0 Å². The summed E-state index contributed by atoms with van der Waals surface area (Å²) in [6, 6.07) is -0.731. The Kier molecular flexibility index (Phi) is 8.48. The van der Waals surface area contributed by atoms with Gasteiger partial charge in [0.25, 0.3) is 0 Å². The van der Waals surface area contributed by atoms with Gasteiger partial charge in [-0.25, -0.2) is 0 Å². The summed E-state index contributed by atoms with van der Waals surface area (Å²) in [4.78, 5) is 9.57.